The number of hydrogen-bond acceptors (Lipinski definition) is 4. The fourth-order valence-corrected chi connectivity index (χ4v) is 3.99. The summed E-state index contributed by atoms with van der Waals surface area (Å²) in [7, 11) is 2.05. The van der Waals surface area contributed by atoms with Crippen molar-refractivity contribution < 1.29 is 0 Å². The SMILES string of the molecule is CNCCC1CCN(C(C)c2nc(C)sc2C)CC1. The third kappa shape index (κ3) is 3.77. The Morgan fingerprint density at radius 3 is 2.58 bits per heavy atom. The van der Waals surface area contributed by atoms with E-state index in [2.05, 4.69) is 31.0 Å². The molecule has 0 amide bonds. The van der Waals surface area contributed by atoms with Gasteiger partial charge in [-0.25, -0.2) is 4.98 Å². The standard InChI is InChI=1S/C15H27N3S/c1-11(15-12(2)19-13(3)17-15)18-9-6-14(7-10-18)5-8-16-4/h11,14,16H,5-10H2,1-4H3. The summed E-state index contributed by atoms with van der Waals surface area (Å²) >= 11 is 1.83. The normalized spacial score (nSPS) is 19.8. The van der Waals surface area contributed by atoms with Crippen molar-refractivity contribution in [1.82, 2.24) is 15.2 Å². The molecule has 1 aromatic rings. The van der Waals surface area contributed by atoms with Crippen LogP contribution in [0.5, 0.6) is 0 Å². The highest BCUT2D eigenvalue weighted by molar-refractivity contribution is 7.11. The van der Waals surface area contributed by atoms with Crippen LogP contribution in [0.2, 0.25) is 0 Å². The first kappa shape index (κ1) is 14.9. The first-order chi connectivity index (χ1) is 9.11. The largest absolute Gasteiger partial charge is 0.320 e. The van der Waals surface area contributed by atoms with Crippen LogP contribution in [-0.4, -0.2) is 36.6 Å². The summed E-state index contributed by atoms with van der Waals surface area (Å²) in [6.07, 6.45) is 4.01. The second-order valence-electron chi connectivity index (χ2n) is 5.72. The van der Waals surface area contributed by atoms with Crippen molar-refractivity contribution in [2.75, 3.05) is 26.7 Å². The van der Waals surface area contributed by atoms with Gasteiger partial charge in [-0.1, -0.05) is 0 Å². The molecular formula is C15H27N3S. The van der Waals surface area contributed by atoms with E-state index < -0.39 is 0 Å². The van der Waals surface area contributed by atoms with Gasteiger partial charge in [0.25, 0.3) is 0 Å². The molecule has 1 saturated heterocycles. The zero-order valence-corrected chi connectivity index (χ0v) is 13.5. The van der Waals surface area contributed by atoms with E-state index in [1.54, 1.807) is 0 Å². The molecule has 0 aromatic carbocycles. The minimum atomic E-state index is 0.482. The molecule has 0 aliphatic carbocycles. The Balaban J connectivity index is 1.89. The Hall–Kier alpha value is -0.450. The van der Waals surface area contributed by atoms with Gasteiger partial charge in [0, 0.05) is 4.88 Å². The van der Waals surface area contributed by atoms with Gasteiger partial charge in [-0.05, 0) is 72.6 Å². The van der Waals surface area contributed by atoms with Crippen LogP contribution in [-0.2, 0) is 0 Å². The zero-order chi connectivity index (χ0) is 13.8. The van der Waals surface area contributed by atoms with Crippen LogP contribution in [0.15, 0.2) is 0 Å². The summed E-state index contributed by atoms with van der Waals surface area (Å²) in [4.78, 5) is 8.72. The van der Waals surface area contributed by atoms with E-state index in [0.717, 1.165) is 12.5 Å². The molecule has 1 aromatic heterocycles. The topological polar surface area (TPSA) is 28.2 Å². The molecule has 19 heavy (non-hydrogen) atoms. The molecule has 0 saturated carbocycles. The number of thiazole rings is 1. The van der Waals surface area contributed by atoms with E-state index in [0.29, 0.717) is 6.04 Å². The lowest BCUT2D eigenvalue weighted by Gasteiger charge is -2.35. The second kappa shape index (κ2) is 6.82. The van der Waals surface area contributed by atoms with Gasteiger partial charge in [0.1, 0.15) is 0 Å². The van der Waals surface area contributed by atoms with Crippen molar-refractivity contribution in [3.05, 3.63) is 15.6 Å². The summed E-state index contributed by atoms with van der Waals surface area (Å²) in [6.45, 7) is 10.2. The van der Waals surface area contributed by atoms with Gasteiger partial charge in [0.2, 0.25) is 0 Å². The molecule has 1 N–H and O–H groups in total. The highest BCUT2D eigenvalue weighted by Gasteiger charge is 2.25. The summed E-state index contributed by atoms with van der Waals surface area (Å²) < 4.78 is 0. The predicted molar refractivity (Wildman–Crippen MR) is 82.8 cm³/mol. The van der Waals surface area contributed by atoms with Crippen molar-refractivity contribution >= 4 is 11.3 Å². The molecular weight excluding hydrogens is 254 g/mol. The van der Waals surface area contributed by atoms with E-state index in [1.165, 1.54) is 47.9 Å². The molecule has 0 radical (unpaired) electrons. The van der Waals surface area contributed by atoms with Gasteiger partial charge >= 0.3 is 0 Å². The molecule has 2 rings (SSSR count). The second-order valence-corrected chi connectivity index (χ2v) is 7.13. The Labute approximate surface area is 121 Å². The quantitative estimate of drug-likeness (QED) is 0.898. The fraction of sp³-hybridized carbons (Fsp3) is 0.800. The number of likely N-dealkylation sites (tertiary alicyclic amines) is 1. The van der Waals surface area contributed by atoms with Crippen LogP contribution in [0.3, 0.4) is 0 Å². The van der Waals surface area contributed by atoms with Crippen molar-refractivity contribution in [2.24, 2.45) is 5.92 Å². The Morgan fingerprint density at radius 2 is 2.05 bits per heavy atom. The summed E-state index contributed by atoms with van der Waals surface area (Å²) in [5.41, 5.74) is 1.30. The summed E-state index contributed by atoms with van der Waals surface area (Å²) in [5.74, 6) is 0.911. The third-order valence-corrected chi connectivity index (χ3v) is 5.24. The van der Waals surface area contributed by atoms with Crippen LogP contribution in [0, 0.1) is 19.8 Å². The van der Waals surface area contributed by atoms with E-state index in [9.17, 15) is 0 Å². The number of piperidine rings is 1. The molecule has 3 nitrogen and oxygen atoms in total. The van der Waals surface area contributed by atoms with Crippen LogP contribution in [0.25, 0.3) is 0 Å². The molecule has 1 atom stereocenters. The first-order valence-electron chi connectivity index (χ1n) is 7.44. The average Bonchev–Trinajstić information content (AvgIpc) is 2.75. The lowest BCUT2D eigenvalue weighted by Crippen LogP contribution is -2.36. The number of nitrogens with one attached hydrogen (secondary N) is 1. The van der Waals surface area contributed by atoms with Gasteiger partial charge in [0.15, 0.2) is 0 Å². The highest BCUT2D eigenvalue weighted by atomic mass is 32.1. The third-order valence-electron chi connectivity index (χ3n) is 4.33. The van der Waals surface area contributed by atoms with E-state index in [1.807, 2.05) is 18.4 Å². The van der Waals surface area contributed by atoms with Crippen molar-refractivity contribution in [3.8, 4) is 0 Å². The van der Waals surface area contributed by atoms with Crippen molar-refractivity contribution in [3.63, 3.8) is 0 Å². The minimum absolute atomic E-state index is 0.482. The Bertz CT molecular complexity index is 394. The smallest absolute Gasteiger partial charge is 0.0900 e. The maximum atomic E-state index is 4.72. The van der Waals surface area contributed by atoms with Gasteiger partial charge in [0.05, 0.1) is 16.7 Å². The molecule has 0 spiro atoms. The van der Waals surface area contributed by atoms with Crippen LogP contribution in [0.1, 0.15) is 47.8 Å². The van der Waals surface area contributed by atoms with E-state index in [-0.39, 0.29) is 0 Å². The predicted octanol–water partition coefficient (Wildman–Crippen LogP) is 3.14. The molecule has 0 bridgehead atoms. The Kier molecular flexibility index (Phi) is 5.37. The number of aryl methyl sites for hydroxylation is 2. The molecule has 4 heteroatoms. The maximum Gasteiger partial charge on any atom is 0.0900 e. The van der Waals surface area contributed by atoms with Gasteiger partial charge in [-0.15, -0.1) is 11.3 Å². The molecule has 1 aliphatic rings. The monoisotopic (exact) mass is 281 g/mol. The Morgan fingerprint density at radius 1 is 1.37 bits per heavy atom. The molecule has 2 heterocycles. The van der Waals surface area contributed by atoms with E-state index in [4.69, 9.17) is 4.98 Å². The van der Waals surface area contributed by atoms with Crippen molar-refractivity contribution in [2.45, 2.75) is 46.1 Å². The number of nitrogens with zero attached hydrogens (tertiary/aromatic N) is 2. The van der Waals surface area contributed by atoms with Gasteiger partial charge < -0.3 is 5.32 Å². The van der Waals surface area contributed by atoms with Crippen molar-refractivity contribution in [1.29, 1.82) is 0 Å². The number of aromatic nitrogens is 1. The van der Waals surface area contributed by atoms with Gasteiger partial charge in [-0.2, -0.15) is 0 Å². The summed E-state index contributed by atoms with van der Waals surface area (Å²) in [5, 5.41) is 4.46. The first-order valence-corrected chi connectivity index (χ1v) is 8.26. The minimum Gasteiger partial charge on any atom is -0.320 e. The number of rotatable bonds is 5. The van der Waals surface area contributed by atoms with Crippen LogP contribution < -0.4 is 5.32 Å². The van der Waals surface area contributed by atoms with Gasteiger partial charge in [-0.3, -0.25) is 4.90 Å². The molecule has 1 aliphatic heterocycles. The summed E-state index contributed by atoms with van der Waals surface area (Å²) in [6, 6.07) is 0.482. The molecule has 1 unspecified atom stereocenters. The maximum absolute atomic E-state index is 4.72. The lowest BCUT2D eigenvalue weighted by atomic mass is 9.92. The highest BCUT2D eigenvalue weighted by Crippen LogP contribution is 2.30. The van der Waals surface area contributed by atoms with Crippen LogP contribution in [0.4, 0.5) is 0 Å². The zero-order valence-electron chi connectivity index (χ0n) is 12.7. The molecule has 108 valence electrons. The van der Waals surface area contributed by atoms with E-state index >= 15 is 0 Å². The fourth-order valence-electron chi connectivity index (χ4n) is 3.08. The lowest BCUT2D eigenvalue weighted by molar-refractivity contribution is 0.135. The molecule has 1 fully saturated rings. The average molecular weight is 281 g/mol. The van der Waals surface area contributed by atoms with Crippen LogP contribution >= 0.6 is 11.3 Å². The number of hydrogen-bond donors (Lipinski definition) is 1.